The maximum Gasteiger partial charge on any atom is 0.104 e. The summed E-state index contributed by atoms with van der Waals surface area (Å²) < 4.78 is 7.75. The van der Waals surface area contributed by atoms with E-state index < -0.39 is 0 Å². The summed E-state index contributed by atoms with van der Waals surface area (Å²) in [6.07, 6.45) is 0. The van der Waals surface area contributed by atoms with Crippen molar-refractivity contribution in [2.24, 2.45) is 5.73 Å². The summed E-state index contributed by atoms with van der Waals surface area (Å²) in [5.74, 6) is 0. The summed E-state index contributed by atoms with van der Waals surface area (Å²) in [5, 5.41) is 1.08. The van der Waals surface area contributed by atoms with Gasteiger partial charge in [-0.25, -0.2) is 4.98 Å². The van der Waals surface area contributed by atoms with E-state index in [4.69, 9.17) is 15.5 Å². The van der Waals surface area contributed by atoms with Gasteiger partial charge in [-0.15, -0.1) is 11.3 Å². The molecule has 1 fully saturated rings. The lowest BCUT2D eigenvalue weighted by molar-refractivity contribution is 0.180. The van der Waals surface area contributed by atoms with Crippen LogP contribution in [0.1, 0.15) is 11.9 Å². The lowest BCUT2D eigenvalue weighted by atomic mass is 9.87. The van der Waals surface area contributed by atoms with Crippen molar-refractivity contribution in [3.8, 4) is 0 Å². The van der Waals surface area contributed by atoms with Crippen LogP contribution in [0, 0.1) is 0 Å². The Balaban J connectivity index is 2.12. The van der Waals surface area contributed by atoms with Crippen LogP contribution in [0.3, 0.4) is 0 Å². The number of nitrogens with two attached hydrogens (primary N) is 1. The van der Waals surface area contributed by atoms with Crippen LogP contribution >= 0.6 is 27.3 Å². The minimum atomic E-state index is -0.143. The Morgan fingerprint density at radius 1 is 1.59 bits per heavy atom. The third-order valence-electron chi connectivity index (χ3n) is 3.36. The van der Waals surface area contributed by atoms with Gasteiger partial charge in [0.2, 0.25) is 0 Å². The van der Waals surface area contributed by atoms with Crippen molar-refractivity contribution < 1.29 is 4.74 Å². The Kier molecular flexibility index (Phi) is 2.74. The van der Waals surface area contributed by atoms with E-state index in [0.717, 1.165) is 15.0 Å². The molecule has 1 aliphatic rings. The summed E-state index contributed by atoms with van der Waals surface area (Å²) in [6, 6.07) is 6.18. The van der Waals surface area contributed by atoms with Crippen molar-refractivity contribution in [2.45, 2.75) is 18.4 Å². The maximum absolute atomic E-state index is 6.13. The number of nitrogens with zero attached hydrogens (tertiary/aromatic N) is 1. The van der Waals surface area contributed by atoms with Gasteiger partial charge >= 0.3 is 0 Å². The second kappa shape index (κ2) is 4.02. The molecule has 1 aromatic heterocycles. The van der Waals surface area contributed by atoms with Crippen LogP contribution in [0.15, 0.2) is 22.7 Å². The molecule has 3 rings (SSSR count). The molecule has 1 saturated heterocycles. The number of rotatable bonds is 1. The Bertz CT molecular complexity index is 571. The molecule has 2 aromatic rings. The molecule has 0 bridgehead atoms. The van der Waals surface area contributed by atoms with Crippen LogP contribution in [0.2, 0.25) is 0 Å². The van der Waals surface area contributed by atoms with Gasteiger partial charge in [0, 0.05) is 10.5 Å². The predicted octanol–water partition coefficient (Wildman–Crippen LogP) is 2.67. The van der Waals surface area contributed by atoms with Crippen molar-refractivity contribution in [1.29, 1.82) is 0 Å². The second-order valence-corrected chi connectivity index (χ2v) is 6.62. The van der Waals surface area contributed by atoms with E-state index in [1.165, 1.54) is 4.70 Å². The van der Waals surface area contributed by atoms with Crippen molar-refractivity contribution in [3.63, 3.8) is 0 Å². The molecule has 0 saturated carbocycles. The van der Waals surface area contributed by atoms with Gasteiger partial charge in [0.1, 0.15) is 5.01 Å². The molecule has 0 aliphatic carbocycles. The smallest absolute Gasteiger partial charge is 0.104 e. The fraction of sp³-hybridized carbons (Fsp3) is 0.417. The third-order valence-corrected chi connectivity index (χ3v) is 5.15. The molecule has 17 heavy (non-hydrogen) atoms. The Morgan fingerprint density at radius 2 is 2.41 bits per heavy atom. The molecule has 1 aliphatic heterocycles. The summed E-state index contributed by atoms with van der Waals surface area (Å²) in [6.45, 7) is 3.42. The first-order valence-electron chi connectivity index (χ1n) is 5.49. The van der Waals surface area contributed by atoms with Crippen molar-refractivity contribution in [1.82, 2.24) is 4.98 Å². The molecular formula is C12H13BrN2OS. The Labute approximate surface area is 112 Å². The summed E-state index contributed by atoms with van der Waals surface area (Å²) in [5.41, 5.74) is 7.02. The molecule has 2 N–H and O–H groups in total. The second-order valence-electron chi connectivity index (χ2n) is 4.67. The summed E-state index contributed by atoms with van der Waals surface area (Å²) in [7, 11) is 0. The third kappa shape index (κ3) is 1.81. The van der Waals surface area contributed by atoms with Crippen molar-refractivity contribution in [3.05, 3.63) is 27.7 Å². The zero-order valence-corrected chi connectivity index (χ0v) is 11.8. The van der Waals surface area contributed by atoms with Crippen molar-refractivity contribution >= 4 is 37.5 Å². The molecule has 3 nitrogen and oxygen atoms in total. The van der Waals surface area contributed by atoms with Crippen LogP contribution in [0.5, 0.6) is 0 Å². The number of aromatic nitrogens is 1. The van der Waals surface area contributed by atoms with Gasteiger partial charge in [0.25, 0.3) is 0 Å². The van der Waals surface area contributed by atoms with E-state index in [1.807, 2.05) is 12.1 Å². The fourth-order valence-corrected chi connectivity index (χ4v) is 3.76. The fourth-order valence-electron chi connectivity index (χ4n) is 2.05. The van der Waals surface area contributed by atoms with Gasteiger partial charge in [0.15, 0.2) is 0 Å². The zero-order chi connectivity index (χ0) is 12.0. The van der Waals surface area contributed by atoms with E-state index in [0.29, 0.717) is 13.2 Å². The maximum atomic E-state index is 6.13. The quantitative estimate of drug-likeness (QED) is 0.880. The average Bonchev–Trinajstić information content (AvgIpc) is 2.84. The van der Waals surface area contributed by atoms with Crippen molar-refractivity contribution in [2.75, 3.05) is 13.2 Å². The first-order chi connectivity index (χ1) is 8.09. The lowest BCUT2D eigenvalue weighted by Gasteiger charge is -2.23. The molecule has 1 aromatic carbocycles. The highest BCUT2D eigenvalue weighted by molar-refractivity contribution is 9.10. The average molecular weight is 313 g/mol. The van der Waals surface area contributed by atoms with Gasteiger partial charge in [-0.05, 0) is 25.1 Å². The number of ether oxygens (including phenoxy) is 1. The monoisotopic (exact) mass is 312 g/mol. The molecule has 90 valence electrons. The minimum absolute atomic E-state index is 0.0338. The standard InChI is InChI=1S/C12H13BrN2OS/c1-12(6-16-5-10(12)14)11-15-8-3-2-7(13)4-9(8)17-11/h2-4,10H,5-6,14H2,1H3. The Hall–Kier alpha value is -0.490. The molecular weight excluding hydrogens is 300 g/mol. The van der Waals surface area contributed by atoms with E-state index >= 15 is 0 Å². The molecule has 2 unspecified atom stereocenters. The molecule has 0 spiro atoms. The van der Waals surface area contributed by atoms with Gasteiger partial charge < -0.3 is 10.5 Å². The van der Waals surface area contributed by atoms with Gasteiger partial charge in [0.05, 0.1) is 28.8 Å². The zero-order valence-electron chi connectivity index (χ0n) is 9.44. The highest BCUT2D eigenvalue weighted by Crippen LogP contribution is 2.37. The van der Waals surface area contributed by atoms with E-state index in [9.17, 15) is 0 Å². The Morgan fingerprint density at radius 3 is 3.12 bits per heavy atom. The molecule has 0 radical (unpaired) electrons. The highest BCUT2D eigenvalue weighted by Gasteiger charge is 2.41. The molecule has 0 amide bonds. The number of hydrogen-bond donors (Lipinski definition) is 1. The molecule has 2 heterocycles. The topological polar surface area (TPSA) is 48.1 Å². The van der Waals surface area contributed by atoms with Crippen LogP contribution < -0.4 is 5.73 Å². The molecule has 5 heteroatoms. The number of thiazole rings is 1. The first kappa shape index (κ1) is 11.6. The SMILES string of the molecule is CC1(c2nc3ccc(Br)cc3s2)COCC1N. The van der Waals surface area contributed by atoms with Crippen LogP contribution in [0.4, 0.5) is 0 Å². The minimum Gasteiger partial charge on any atom is -0.379 e. The number of benzene rings is 1. The molecule has 2 atom stereocenters. The van der Waals surface area contributed by atoms with Gasteiger partial charge in [-0.1, -0.05) is 15.9 Å². The number of fused-ring (bicyclic) bond motifs is 1. The first-order valence-corrected chi connectivity index (χ1v) is 7.10. The normalized spacial score (nSPS) is 29.0. The van der Waals surface area contributed by atoms with E-state index in [2.05, 4.69) is 28.9 Å². The van der Waals surface area contributed by atoms with Crippen LogP contribution in [-0.2, 0) is 10.2 Å². The number of halogens is 1. The van der Waals surface area contributed by atoms with E-state index in [-0.39, 0.29) is 11.5 Å². The van der Waals surface area contributed by atoms with E-state index in [1.54, 1.807) is 11.3 Å². The largest absolute Gasteiger partial charge is 0.379 e. The lowest BCUT2D eigenvalue weighted by Crippen LogP contribution is -2.41. The van der Waals surface area contributed by atoms with Crippen LogP contribution in [-0.4, -0.2) is 24.2 Å². The number of hydrogen-bond acceptors (Lipinski definition) is 4. The summed E-state index contributed by atoms with van der Waals surface area (Å²) >= 11 is 5.19. The summed E-state index contributed by atoms with van der Waals surface area (Å²) in [4.78, 5) is 4.70. The highest BCUT2D eigenvalue weighted by atomic mass is 79.9. The van der Waals surface area contributed by atoms with Gasteiger partial charge in [-0.2, -0.15) is 0 Å². The van der Waals surface area contributed by atoms with Gasteiger partial charge in [-0.3, -0.25) is 0 Å². The van der Waals surface area contributed by atoms with Crippen LogP contribution in [0.25, 0.3) is 10.2 Å². The predicted molar refractivity (Wildman–Crippen MR) is 73.5 cm³/mol.